The van der Waals surface area contributed by atoms with Crippen LogP contribution in [0.2, 0.25) is 0 Å². The minimum atomic E-state index is -1.11. The lowest BCUT2D eigenvalue weighted by Gasteiger charge is -2.39. The molecule has 364 valence electrons. The van der Waals surface area contributed by atoms with Crippen LogP contribution < -0.4 is 30.1 Å². The number of hydrogen-bond acceptors (Lipinski definition) is 11. The molecular weight excluding hydrogens is 895 g/mol. The first-order valence-corrected chi connectivity index (χ1v) is 25.5. The molecule has 0 unspecified atom stereocenters. The Kier molecular flexibility index (Phi) is 12.4. The van der Waals surface area contributed by atoms with Crippen LogP contribution in [0.25, 0.3) is 17.0 Å². The normalized spacial score (nSPS) is 17.5. The maximum Gasteiger partial charge on any atom is 0.336 e. The standard InChI is InChI=1S/C57H59N7O7/c1-33-59-61-54(62-60-33)36-16-13-34(14-17-36)12-15-35(48-46(65)31-57(2,3)32-47(48)66)20-26-70-27-21-58-55(67)39-18-19-40(43(30-39)56(68)69)49-44-28-37-8-4-22-63-24-6-10-41(50(37)63)52(44)71-53-42-11-7-25-64-23-5-9-38(51(42)64)29-45(49)53/h13-14,16-19,28-30H,4-12,15,20-27,31-32H2,1-3H3,(H-,58,67,68,69)/p+1. The molecule has 1 fully saturated rings. The number of ether oxygens (including phenoxy) is 2. The number of rotatable bonds is 13. The summed E-state index contributed by atoms with van der Waals surface area (Å²) in [5.74, 6) is 0.845. The van der Waals surface area contributed by atoms with E-state index in [1.807, 2.05) is 44.2 Å². The van der Waals surface area contributed by atoms with Gasteiger partial charge in [-0.05, 0) is 111 Å². The van der Waals surface area contributed by atoms with Crippen molar-refractivity contribution >= 4 is 34.7 Å². The largest absolute Gasteiger partial charge is 0.478 e. The summed E-state index contributed by atoms with van der Waals surface area (Å²) in [7, 11) is 0. The van der Waals surface area contributed by atoms with Gasteiger partial charge in [-0.25, -0.2) is 9.37 Å². The lowest BCUT2D eigenvalue weighted by Crippen LogP contribution is -2.45. The number of carbonyl (C=O) groups excluding carboxylic acids is 3. The number of carboxylic acids is 1. The Hall–Kier alpha value is -6.93. The molecule has 0 bridgehead atoms. The fourth-order valence-electron chi connectivity index (χ4n) is 12.1. The molecule has 5 aliphatic heterocycles. The summed E-state index contributed by atoms with van der Waals surface area (Å²) in [6, 6.07) is 17.3. The van der Waals surface area contributed by atoms with E-state index in [9.17, 15) is 24.3 Å². The number of carboxylic acid groups (broad SMARTS) is 1. The molecule has 0 atom stereocenters. The molecule has 14 nitrogen and oxygen atoms in total. The van der Waals surface area contributed by atoms with Gasteiger partial charge in [-0.1, -0.05) is 49.8 Å². The number of aromatic nitrogens is 4. The number of amides is 1. The molecule has 1 saturated carbocycles. The highest BCUT2D eigenvalue weighted by Gasteiger charge is 2.38. The fraction of sp³-hybridized carbons (Fsp3) is 0.421. The van der Waals surface area contributed by atoms with Crippen LogP contribution >= 0.6 is 0 Å². The Morgan fingerprint density at radius 2 is 1.52 bits per heavy atom. The van der Waals surface area contributed by atoms with Crippen LogP contribution in [0.3, 0.4) is 0 Å². The van der Waals surface area contributed by atoms with E-state index in [0.717, 1.165) is 122 Å². The first kappa shape index (κ1) is 46.5. The van der Waals surface area contributed by atoms with Crippen molar-refractivity contribution in [3.63, 3.8) is 0 Å². The van der Waals surface area contributed by atoms with Crippen LogP contribution in [0.15, 0.2) is 65.7 Å². The van der Waals surface area contributed by atoms with Gasteiger partial charge in [0.25, 0.3) is 5.91 Å². The molecule has 71 heavy (non-hydrogen) atoms. The molecule has 1 amide bonds. The number of aromatic carboxylic acids is 1. The van der Waals surface area contributed by atoms with Crippen molar-refractivity contribution in [1.82, 2.24) is 30.3 Å². The first-order chi connectivity index (χ1) is 34.4. The average Bonchev–Trinajstić information content (AvgIpc) is 3.36. The topological polar surface area (TPSA) is 177 Å². The molecule has 6 aliphatic rings. The zero-order valence-corrected chi connectivity index (χ0v) is 40.9. The van der Waals surface area contributed by atoms with Crippen molar-refractivity contribution in [2.75, 3.05) is 50.8 Å². The molecule has 0 saturated heterocycles. The zero-order chi connectivity index (χ0) is 49.0. The zero-order valence-electron chi connectivity index (χ0n) is 40.9. The summed E-state index contributed by atoms with van der Waals surface area (Å²) in [4.78, 5) is 56.6. The Balaban J connectivity index is 0.819. The van der Waals surface area contributed by atoms with Crippen molar-refractivity contribution in [1.29, 1.82) is 0 Å². The third kappa shape index (κ3) is 8.96. The van der Waals surface area contributed by atoms with Crippen LogP contribution in [0, 0.1) is 12.3 Å². The van der Waals surface area contributed by atoms with Gasteiger partial charge >= 0.3 is 5.97 Å². The lowest BCUT2D eigenvalue weighted by atomic mass is 9.72. The number of aryl methyl sites for hydroxylation is 4. The summed E-state index contributed by atoms with van der Waals surface area (Å²) in [5.41, 5.74) is 11.5. The number of benzene rings is 4. The summed E-state index contributed by atoms with van der Waals surface area (Å²) in [6.45, 7) is 10.3. The number of anilines is 1. The molecule has 11 rings (SSSR count). The number of hydrogen-bond donors (Lipinski definition) is 2. The summed E-state index contributed by atoms with van der Waals surface area (Å²) >= 11 is 0. The second kappa shape index (κ2) is 19.0. The molecule has 1 aromatic heterocycles. The van der Waals surface area contributed by atoms with Gasteiger partial charge in [0, 0.05) is 89.6 Å². The van der Waals surface area contributed by atoms with Gasteiger partial charge in [0.15, 0.2) is 17.4 Å². The molecular formula is C57H60N7O7+. The maximum atomic E-state index is 13.8. The van der Waals surface area contributed by atoms with Crippen LogP contribution in [0.4, 0.5) is 5.69 Å². The number of nitrogens with zero attached hydrogens (tertiary/aromatic N) is 6. The van der Waals surface area contributed by atoms with Crippen LogP contribution in [0.1, 0.15) is 131 Å². The van der Waals surface area contributed by atoms with E-state index in [1.165, 1.54) is 39.4 Å². The third-order valence-corrected chi connectivity index (χ3v) is 15.2. The highest BCUT2D eigenvalue weighted by atomic mass is 16.5. The number of fused-ring (bicyclic) bond motifs is 4. The van der Waals surface area contributed by atoms with E-state index in [1.54, 1.807) is 13.0 Å². The Labute approximate surface area is 412 Å². The predicted octanol–water partition coefficient (Wildman–Crippen LogP) is 6.40. The third-order valence-electron chi connectivity index (χ3n) is 15.2. The SMILES string of the molecule is Cc1nnc(-c2ccc(CCC(CCOCCNC(=O)c3ccc(C4=c5cc6c7c(c5Oc5c4cc4c8c5CCCN8CCC4)CCC[N+]=7CCC6)c(C(=O)O)c3)=C3C(=O)CC(C)(C)CC3=O)cc2)nn1. The van der Waals surface area contributed by atoms with Crippen LogP contribution in [-0.2, 0) is 46.4 Å². The number of allylic oxidation sites excluding steroid dienone is 1. The molecule has 6 heterocycles. The van der Waals surface area contributed by atoms with Gasteiger partial charge in [-0.15, -0.1) is 20.4 Å². The van der Waals surface area contributed by atoms with Gasteiger partial charge in [0.2, 0.25) is 11.2 Å². The smallest absolute Gasteiger partial charge is 0.336 e. The van der Waals surface area contributed by atoms with E-state index in [4.69, 9.17) is 9.47 Å². The monoisotopic (exact) mass is 954 g/mol. The number of Topliss-reactive ketones (excluding diaryl/α,β-unsaturated/α-hetero) is 2. The number of nitrogens with one attached hydrogen (secondary N) is 1. The van der Waals surface area contributed by atoms with Gasteiger partial charge in [-0.3, -0.25) is 14.4 Å². The summed E-state index contributed by atoms with van der Waals surface area (Å²) < 4.78 is 15.7. The number of carbonyl (C=O) groups is 4. The molecule has 1 aliphatic carbocycles. The average molecular weight is 955 g/mol. The van der Waals surface area contributed by atoms with Crippen LogP contribution in [0.5, 0.6) is 11.5 Å². The summed E-state index contributed by atoms with van der Waals surface area (Å²) in [5, 5.41) is 32.4. The van der Waals surface area contributed by atoms with Gasteiger partial charge in [0.05, 0.1) is 29.9 Å². The van der Waals surface area contributed by atoms with Crippen molar-refractivity contribution in [2.45, 2.75) is 104 Å². The molecule has 5 aromatic rings. The van der Waals surface area contributed by atoms with Crippen molar-refractivity contribution in [3.8, 4) is 22.9 Å². The molecule has 2 N–H and O–H groups in total. The molecule has 0 spiro atoms. The number of ketones is 2. The quantitative estimate of drug-likeness (QED) is 0.0565. The van der Waals surface area contributed by atoms with Crippen LogP contribution in [-0.4, -0.2) is 94.9 Å². The van der Waals surface area contributed by atoms with E-state index < -0.39 is 17.3 Å². The van der Waals surface area contributed by atoms with Gasteiger partial charge < -0.3 is 24.8 Å². The van der Waals surface area contributed by atoms with Crippen molar-refractivity contribution < 1.29 is 33.8 Å². The second-order valence-electron chi connectivity index (χ2n) is 20.8. The minimum Gasteiger partial charge on any atom is -0.478 e. The van der Waals surface area contributed by atoms with Gasteiger partial charge in [0.1, 0.15) is 24.6 Å². The molecule has 14 heteroatoms. The highest BCUT2D eigenvalue weighted by molar-refractivity contribution is 6.22. The Morgan fingerprint density at radius 3 is 2.28 bits per heavy atom. The fourth-order valence-corrected chi connectivity index (χ4v) is 12.1. The highest BCUT2D eigenvalue weighted by Crippen LogP contribution is 2.49. The van der Waals surface area contributed by atoms with E-state index >= 15 is 0 Å². The minimum absolute atomic E-state index is 0.0604. The Morgan fingerprint density at radius 1 is 0.803 bits per heavy atom. The second-order valence-corrected chi connectivity index (χ2v) is 20.8. The lowest BCUT2D eigenvalue weighted by molar-refractivity contribution is -0.127. The Bertz CT molecular complexity index is 3190. The molecule has 0 radical (unpaired) electrons. The van der Waals surface area contributed by atoms with E-state index in [0.29, 0.717) is 54.9 Å². The maximum absolute atomic E-state index is 13.8. The van der Waals surface area contributed by atoms with Gasteiger partial charge in [-0.2, -0.15) is 0 Å². The van der Waals surface area contributed by atoms with E-state index in [-0.39, 0.29) is 42.5 Å². The molecule has 4 aromatic carbocycles. The predicted molar refractivity (Wildman–Crippen MR) is 268 cm³/mol. The van der Waals surface area contributed by atoms with E-state index in [2.05, 4.69) is 47.3 Å². The first-order valence-electron chi connectivity index (χ1n) is 25.5. The summed E-state index contributed by atoms with van der Waals surface area (Å²) in [6.07, 6.45) is 10.0. The van der Waals surface area contributed by atoms with Crippen molar-refractivity contribution in [2.24, 2.45) is 5.41 Å². The van der Waals surface area contributed by atoms with Crippen molar-refractivity contribution in [3.05, 3.63) is 132 Å².